The fourth-order valence-electron chi connectivity index (χ4n) is 4.00. The van der Waals surface area contributed by atoms with Gasteiger partial charge in [-0.1, -0.05) is 37.8 Å². The van der Waals surface area contributed by atoms with Crippen molar-refractivity contribution in [2.75, 3.05) is 5.32 Å². The van der Waals surface area contributed by atoms with Crippen LogP contribution < -0.4 is 10.6 Å². The molecule has 4 rings (SSSR count). The number of hydrogen-bond donors (Lipinski definition) is 3. The summed E-state index contributed by atoms with van der Waals surface area (Å²) in [5, 5.41) is 6.36. The van der Waals surface area contributed by atoms with Gasteiger partial charge in [0.1, 0.15) is 11.5 Å². The monoisotopic (exact) mass is 408 g/mol. The molecule has 0 aliphatic heterocycles. The number of aromatic nitrogens is 2. The molecule has 6 nitrogen and oxygen atoms in total. The maximum Gasteiger partial charge on any atom is 0.253 e. The Morgan fingerprint density at radius 3 is 2.70 bits per heavy atom. The molecule has 1 aliphatic rings. The maximum atomic E-state index is 13.0. The van der Waals surface area contributed by atoms with Crippen molar-refractivity contribution in [3.8, 4) is 0 Å². The van der Waals surface area contributed by atoms with Gasteiger partial charge < -0.3 is 15.6 Å². The Morgan fingerprint density at radius 2 is 1.93 bits per heavy atom. The van der Waals surface area contributed by atoms with Crippen molar-refractivity contribution >= 4 is 28.5 Å². The van der Waals surface area contributed by atoms with Crippen LogP contribution in [0.25, 0.3) is 11.0 Å². The maximum absolute atomic E-state index is 13.0. The molecule has 0 unspecified atom stereocenters. The van der Waals surface area contributed by atoms with Crippen molar-refractivity contribution < 1.29 is 14.0 Å². The second-order valence-corrected chi connectivity index (χ2v) is 7.87. The van der Waals surface area contributed by atoms with Crippen LogP contribution in [0.4, 0.5) is 10.1 Å². The number of nitrogens with zero attached hydrogens (tertiary/aromatic N) is 1. The summed E-state index contributed by atoms with van der Waals surface area (Å²) in [6.45, 7) is 0.289. The Labute approximate surface area is 174 Å². The molecule has 2 heterocycles. The highest BCUT2D eigenvalue weighted by Crippen LogP contribution is 2.28. The van der Waals surface area contributed by atoms with E-state index in [0.717, 1.165) is 12.0 Å². The van der Waals surface area contributed by atoms with E-state index in [2.05, 4.69) is 20.6 Å². The number of carbonyl (C=O) groups excluding carboxylic acids is 2. The molecule has 0 spiro atoms. The molecular weight excluding hydrogens is 383 g/mol. The van der Waals surface area contributed by atoms with E-state index in [4.69, 9.17) is 0 Å². The molecule has 0 bridgehead atoms. The molecule has 1 fully saturated rings. The summed E-state index contributed by atoms with van der Waals surface area (Å²) < 4.78 is 13.0. The van der Waals surface area contributed by atoms with Crippen LogP contribution in [0.15, 0.2) is 42.7 Å². The lowest BCUT2D eigenvalue weighted by molar-refractivity contribution is -0.116. The molecule has 2 amide bonds. The minimum absolute atomic E-state index is 0.0269. The molecule has 3 N–H and O–H groups in total. The van der Waals surface area contributed by atoms with E-state index < -0.39 is 0 Å². The molecular formula is C23H25FN4O2. The van der Waals surface area contributed by atoms with Crippen LogP contribution in [-0.2, 0) is 11.3 Å². The highest BCUT2D eigenvalue weighted by Gasteiger charge is 2.17. The third kappa shape index (κ3) is 4.84. The number of benzene rings is 1. The van der Waals surface area contributed by atoms with Gasteiger partial charge in [-0.2, -0.15) is 0 Å². The van der Waals surface area contributed by atoms with Gasteiger partial charge in [-0.15, -0.1) is 0 Å². The Hall–Kier alpha value is -3.22. The highest BCUT2D eigenvalue weighted by molar-refractivity contribution is 6.07. The van der Waals surface area contributed by atoms with Crippen LogP contribution in [0.3, 0.4) is 0 Å². The third-order valence-corrected chi connectivity index (χ3v) is 5.68. The van der Waals surface area contributed by atoms with E-state index >= 15 is 0 Å². The first-order chi connectivity index (χ1) is 14.6. The number of halogens is 1. The average molecular weight is 408 g/mol. The van der Waals surface area contributed by atoms with Gasteiger partial charge in [0.15, 0.2) is 0 Å². The van der Waals surface area contributed by atoms with Crippen molar-refractivity contribution in [2.24, 2.45) is 5.92 Å². The molecule has 0 saturated heterocycles. The van der Waals surface area contributed by atoms with E-state index in [-0.39, 0.29) is 24.2 Å². The number of amides is 2. The molecule has 2 aromatic heterocycles. The third-order valence-electron chi connectivity index (χ3n) is 5.68. The Kier molecular flexibility index (Phi) is 6.07. The minimum Gasteiger partial charge on any atom is -0.348 e. The molecule has 3 aromatic rings. The van der Waals surface area contributed by atoms with Gasteiger partial charge in [0, 0.05) is 24.5 Å². The minimum atomic E-state index is -0.314. The van der Waals surface area contributed by atoms with Crippen molar-refractivity contribution in [1.29, 1.82) is 0 Å². The predicted molar refractivity (Wildman–Crippen MR) is 113 cm³/mol. The lowest BCUT2D eigenvalue weighted by Gasteiger charge is -2.09. The lowest BCUT2D eigenvalue weighted by atomic mass is 10.0. The summed E-state index contributed by atoms with van der Waals surface area (Å²) in [7, 11) is 0. The molecule has 1 saturated carbocycles. The van der Waals surface area contributed by atoms with E-state index in [1.54, 1.807) is 30.6 Å². The summed E-state index contributed by atoms with van der Waals surface area (Å²) >= 11 is 0. The first-order valence-electron chi connectivity index (χ1n) is 10.4. The molecule has 7 heteroatoms. The zero-order chi connectivity index (χ0) is 20.9. The fourth-order valence-corrected chi connectivity index (χ4v) is 4.00. The van der Waals surface area contributed by atoms with Crippen LogP contribution in [0.1, 0.15) is 54.4 Å². The number of anilines is 1. The van der Waals surface area contributed by atoms with Gasteiger partial charge >= 0.3 is 0 Å². The van der Waals surface area contributed by atoms with E-state index in [1.165, 1.54) is 37.8 Å². The number of rotatable bonds is 7. The molecule has 1 aromatic carbocycles. The normalized spacial score (nSPS) is 14.2. The standard InChI is InChI=1S/C23H25FN4O2/c24-17-8-5-16(6-9-17)12-27-23(30)20-14-26-22-19(20)11-18(13-25-22)28-21(29)10-7-15-3-1-2-4-15/h5-6,8-9,11,13-15H,1-4,7,10,12H2,(H,25,26)(H,27,30)(H,28,29). The first-order valence-corrected chi connectivity index (χ1v) is 10.4. The molecule has 30 heavy (non-hydrogen) atoms. The summed E-state index contributed by atoms with van der Waals surface area (Å²) in [5.41, 5.74) is 2.40. The van der Waals surface area contributed by atoms with Crippen LogP contribution >= 0.6 is 0 Å². The summed E-state index contributed by atoms with van der Waals surface area (Å²) in [4.78, 5) is 32.2. The number of pyridine rings is 1. The highest BCUT2D eigenvalue weighted by atomic mass is 19.1. The van der Waals surface area contributed by atoms with Gasteiger partial charge in [0.05, 0.1) is 17.4 Å². The first kappa shape index (κ1) is 20.1. The summed E-state index contributed by atoms with van der Waals surface area (Å²) in [6.07, 6.45) is 9.60. The number of aromatic amines is 1. The average Bonchev–Trinajstić information content (AvgIpc) is 3.41. The lowest BCUT2D eigenvalue weighted by Crippen LogP contribution is -2.22. The number of fused-ring (bicyclic) bond motifs is 1. The zero-order valence-corrected chi connectivity index (χ0v) is 16.7. The largest absolute Gasteiger partial charge is 0.348 e. The zero-order valence-electron chi connectivity index (χ0n) is 16.7. The van der Waals surface area contributed by atoms with Gasteiger partial charge in [-0.25, -0.2) is 9.37 Å². The van der Waals surface area contributed by atoms with E-state index in [9.17, 15) is 14.0 Å². The number of nitrogens with one attached hydrogen (secondary N) is 3. The smallest absolute Gasteiger partial charge is 0.253 e. The predicted octanol–water partition coefficient (Wildman–Crippen LogP) is 4.54. The molecule has 156 valence electrons. The number of carbonyl (C=O) groups is 2. The number of hydrogen-bond acceptors (Lipinski definition) is 3. The van der Waals surface area contributed by atoms with E-state index in [1.807, 2.05) is 0 Å². The summed E-state index contributed by atoms with van der Waals surface area (Å²) in [5.74, 6) is 0.0565. The SMILES string of the molecule is O=C(CCC1CCCC1)Nc1cnc2[nH]cc(C(=O)NCc3ccc(F)cc3)c2c1. The number of H-pyrrole nitrogens is 1. The van der Waals surface area contributed by atoms with Crippen LogP contribution in [0.5, 0.6) is 0 Å². The van der Waals surface area contributed by atoms with Crippen LogP contribution in [0.2, 0.25) is 0 Å². The van der Waals surface area contributed by atoms with Crippen molar-refractivity contribution in [1.82, 2.24) is 15.3 Å². The van der Waals surface area contributed by atoms with Gasteiger partial charge in [-0.3, -0.25) is 9.59 Å². The van der Waals surface area contributed by atoms with Gasteiger partial charge in [0.25, 0.3) is 5.91 Å². The molecule has 0 atom stereocenters. The Morgan fingerprint density at radius 1 is 1.17 bits per heavy atom. The van der Waals surface area contributed by atoms with Crippen LogP contribution in [-0.4, -0.2) is 21.8 Å². The molecule has 1 aliphatic carbocycles. The summed E-state index contributed by atoms with van der Waals surface area (Å²) in [6, 6.07) is 7.74. The van der Waals surface area contributed by atoms with Crippen molar-refractivity contribution in [3.05, 3.63) is 59.7 Å². The Balaban J connectivity index is 1.39. The quantitative estimate of drug-likeness (QED) is 0.536. The molecule has 0 radical (unpaired) electrons. The fraction of sp³-hybridized carbons (Fsp3) is 0.348. The Bertz CT molecular complexity index is 1040. The second-order valence-electron chi connectivity index (χ2n) is 7.87. The second kappa shape index (κ2) is 9.07. The van der Waals surface area contributed by atoms with Gasteiger partial charge in [0.2, 0.25) is 5.91 Å². The van der Waals surface area contributed by atoms with Gasteiger partial charge in [-0.05, 0) is 36.1 Å². The van der Waals surface area contributed by atoms with Crippen molar-refractivity contribution in [3.63, 3.8) is 0 Å². The van der Waals surface area contributed by atoms with Crippen LogP contribution in [0, 0.1) is 11.7 Å². The topological polar surface area (TPSA) is 86.9 Å². The van der Waals surface area contributed by atoms with E-state index in [0.29, 0.717) is 34.6 Å². The van der Waals surface area contributed by atoms with Crippen molar-refractivity contribution in [2.45, 2.75) is 45.1 Å².